The average Bonchev–Trinajstić information content (AvgIpc) is 2.72. The molecule has 8 heteroatoms. The van der Waals surface area contributed by atoms with Crippen LogP contribution in [0.5, 0.6) is 0 Å². The molecule has 0 bridgehead atoms. The van der Waals surface area contributed by atoms with E-state index in [4.69, 9.17) is 0 Å². The van der Waals surface area contributed by atoms with Crippen LogP contribution in [0.25, 0.3) is 0 Å². The van der Waals surface area contributed by atoms with Gasteiger partial charge in [0.2, 0.25) is 0 Å². The highest BCUT2D eigenvalue weighted by Gasteiger charge is 2.30. The third-order valence-electron chi connectivity index (χ3n) is 5.38. The van der Waals surface area contributed by atoms with E-state index >= 15 is 0 Å². The molecule has 0 saturated carbocycles. The first-order chi connectivity index (χ1) is 13.9. The second-order valence-electron chi connectivity index (χ2n) is 7.40. The SMILES string of the molecule is Cc1cc(F)cc(C(=O)N2CCc3c(c[nH]c(=O)c3C(=O)N3CCSCC3)C2)c1. The molecule has 2 aliphatic rings. The van der Waals surface area contributed by atoms with Gasteiger partial charge in [0.15, 0.2) is 0 Å². The van der Waals surface area contributed by atoms with Gasteiger partial charge in [0.05, 0.1) is 0 Å². The van der Waals surface area contributed by atoms with E-state index in [2.05, 4.69) is 4.98 Å². The third-order valence-corrected chi connectivity index (χ3v) is 6.32. The van der Waals surface area contributed by atoms with Crippen molar-refractivity contribution in [1.29, 1.82) is 0 Å². The maximum Gasteiger partial charge on any atom is 0.261 e. The maximum atomic E-state index is 13.7. The van der Waals surface area contributed by atoms with Gasteiger partial charge in [-0.2, -0.15) is 11.8 Å². The van der Waals surface area contributed by atoms with E-state index in [9.17, 15) is 18.8 Å². The van der Waals surface area contributed by atoms with Crippen molar-refractivity contribution < 1.29 is 14.0 Å². The monoisotopic (exact) mass is 415 g/mol. The summed E-state index contributed by atoms with van der Waals surface area (Å²) in [6.07, 6.45) is 2.00. The minimum Gasteiger partial charge on any atom is -0.337 e. The Morgan fingerprint density at radius 1 is 1.07 bits per heavy atom. The van der Waals surface area contributed by atoms with Gasteiger partial charge in [0.1, 0.15) is 11.4 Å². The Kier molecular flexibility index (Phi) is 5.45. The molecule has 1 aromatic heterocycles. The van der Waals surface area contributed by atoms with E-state index in [-0.39, 0.29) is 29.5 Å². The largest absolute Gasteiger partial charge is 0.337 e. The predicted molar refractivity (Wildman–Crippen MR) is 110 cm³/mol. The number of fused-ring (bicyclic) bond motifs is 1. The number of hydrogen-bond donors (Lipinski definition) is 1. The van der Waals surface area contributed by atoms with Gasteiger partial charge >= 0.3 is 0 Å². The van der Waals surface area contributed by atoms with Crippen LogP contribution in [0.3, 0.4) is 0 Å². The summed E-state index contributed by atoms with van der Waals surface area (Å²) < 4.78 is 13.7. The summed E-state index contributed by atoms with van der Waals surface area (Å²) in [5, 5.41) is 0. The van der Waals surface area contributed by atoms with E-state index in [1.165, 1.54) is 12.1 Å². The van der Waals surface area contributed by atoms with Crippen LogP contribution < -0.4 is 5.56 Å². The Balaban J connectivity index is 1.61. The first-order valence-corrected chi connectivity index (χ1v) is 10.8. The van der Waals surface area contributed by atoms with Gasteiger partial charge in [-0.3, -0.25) is 14.4 Å². The minimum absolute atomic E-state index is 0.197. The number of H-pyrrole nitrogens is 1. The number of carbonyl (C=O) groups is 2. The summed E-state index contributed by atoms with van der Waals surface area (Å²) in [6, 6.07) is 4.28. The molecule has 6 nitrogen and oxygen atoms in total. The lowest BCUT2D eigenvalue weighted by molar-refractivity contribution is 0.0732. The van der Waals surface area contributed by atoms with Crippen LogP contribution in [0, 0.1) is 12.7 Å². The van der Waals surface area contributed by atoms with Gasteiger partial charge in [-0.15, -0.1) is 0 Å². The summed E-state index contributed by atoms with van der Waals surface area (Å²) >= 11 is 1.80. The second kappa shape index (κ2) is 8.02. The van der Waals surface area contributed by atoms with Crippen molar-refractivity contribution >= 4 is 23.6 Å². The van der Waals surface area contributed by atoms with Gasteiger partial charge < -0.3 is 14.8 Å². The van der Waals surface area contributed by atoms with Gasteiger partial charge in [-0.1, -0.05) is 0 Å². The second-order valence-corrected chi connectivity index (χ2v) is 8.62. The highest BCUT2D eigenvalue weighted by Crippen LogP contribution is 2.23. The van der Waals surface area contributed by atoms with Crippen molar-refractivity contribution in [3.05, 3.63) is 68.4 Å². The van der Waals surface area contributed by atoms with Crippen molar-refractivity contribution in [3.8, 4) is 0 Å². The number of rotatable bonds is 2. The Morgan fingerprint density at radius 2 is 1.83 bits per heavy atom. The number of aromatic nitrogens is 1. The first kappa shape index (κ1) is 19.7. The van der Waals surface area contributed by atoms with E-state index in [0.717, 1.165) is 22.6 Å². The van der Waals surface area contributed by atoms with Crippen LogP contribution in [0.2, 0.25) is 0 Å². The summed E-state index contributed by atoms with van der Waals surface area (Å²) in [5.74, 6) is 0.805. The molecule has 1 fully saturated rings. The number of hydrogen-bond acceptors (Lipinski definition) is 4. The standard InChI is InChI=1S/C21H22FN3O3S/c1-13-8-14(10-16(22)9-13)20(27)25-3-2-17-15(12-25)11-23-19(26)18(17)21(28)24-4-6-29-7-5-24/h8-11H,2-7,12H2,1H3,(H,23,26). The van der Waals surface area contributed by atoms with Gasteiger partial charge in [-0.25, -0.2) is 4.39 Å². The van der Waals surface area contributed by atoms with Gasteiger partial charge in [0.25, 0.3) is 17.4 Å². The number of halogens is 1. The average molecular weight is 415 g/mol. The molecule has 0 atom stereocenters. The zero-order valence-electron chi connectivity index (χ0n) is 16.2. The number of nitrogens with one attached hydrogen (secondary N) is 1. The smallest absolute Gasteiger partial charge is 0.261 e. The summed E-state index contributed by atoms with van der Waals surface area (Å²) in [4.78, 5) is 44.3. The number of thioether (sulfide) groups is 1. The number of amides is 2. The molecule has 0 aliphatic carbocycles. The molecular formula is C21H22FN3O3S. The molecule has 4 rings (SSSR count). The third kappa shape index (κ3) is 3.94. The molecule has 152 valence electrons. The number of benzene rings is 1. The van der Waals surface area contributed by atoms with Crippen molar-refractivity contribution in [1.82, 2.24) is 14.8 Å². The van der Waals surface area contributed by atoms with E-state index in [0.29, 0.717) is 37.2 Å². The number of pyridine rings is 1. The van der Waals surface area contributed by atoms with Crippen molar-refractivity contribution in [3.63, 3.8) is 0 Å². The first-order valence-electron chi connectivity index (χ1n) is 9.61. The van der Waals surface area contributed by atoms with Crippen LogP contribution in [0.4, 0.5) is 4.39 Å². The van der Waals surface area contributed by atoms with Crippen LogP contribution in [-0.2, 0) is 13.0 Å². The molecule has 0 unspecified atom stereocenters. The zero-order chi connectivity index (χ0) is 20.5. The molecule has 1 saturated heterocycles. The Bertz CT molecular complexity index is 1010. The summed E-state index contributed by atoms with van der Waals surface area (Å²) in [5.41, 5.74) is 2.28. The molecule has 0 radical (unpaired) electrons. The topological polar surface area (TPSA) is 73.5 Å². The number of nitrogens with zero attached hydrogens (tertiary/aromatic N) is 2. The normalized spacial score (nSPS) is 16.5. The Hall–Kier alpha value is -2.61. The Morgan fingerprint density at radius 3 is 2.55 bits per heavy atom. The van der Waals surface area contributed by atoms with Crippen LogP contribution in [0.15, 0.2) is 29.2 Å². The van der Waals surface area contributed by atoms with E-state index < -0.39 is 5.82 Å². The minimum atomic E-state index is -0.442. The molecular weight excluding hydrogens is 393 g/mol. The molecule has 3 heterocycles. The van der Waals surface area contributed by atoms with E-state index in [1.807, 2.05) is 0 Å². The van der Waals surface area contributed by atoms with Crippen molar-refractivity contribution in [2.75, 3.05) is 31.1 Å². The highest BCUT2D eigenvalue weighted by atomic mass is 32.2. The quantitative estimate of drug-likeness (QED) is 0.816. The fourth-order valence-electron chi connectivity index (χ4n) is 3.93. The molecule has 2 aliphatic heterocycles. The molecule has 29 heavy (non-hydrogen) atoms. The molecule has 0 spiro atoms. The summed E-state index contributed by atoms with van der Waals surface area (Å²) in [7, 11) is 0. The number of carbonyl (C=O) groups excluding carboxylic acids is 2. The summed E-state index contributed by atoms with van der Waals surface area (Å²) in [6.45, 7) is 3.66. The Labute approximate surface area is 172 Å². The van der Waals surface area contributed by atoms with Crippen molar-refractivity contribution in [2.45, 2.75) is 19.9 Å². The fourth-order valence-corrected chi connectivity index (χ4v) is 4.84. The number of aryl methyl sites for hydroxylation is 1. The number of aromatic amines is 1. The van der Waals surface area contributed by atoms with Gasteiger partial charge in [-0.05, 0) is 48.2 Å². The van der Waals surface area contributed by atoms with Crippen LogP contribution in [0.1, 0.15) is 37.4 Å². The van der Waals surface area contributed by atoms with Gasteiger partial charge in [0, 0.05) is 49.4 Å². The highest BCUT2D eigenvalue weighted by molar-refractivity contribution is 7.99. The molecule has 1 N–H and O–H groups in total. The lowest BCUT2D eigenvalue weighted by atomic mass is 9.95. The van der Waals surface area contributed by atoms with Crippen LogP contribution in [-0.4, -0.2) is 57.7 Å². The zero-order valence-corrected chi connectivity index (χ0v) is 17.0. The predicted octanol–water partition coefficient (Wildman–Crippen LogP) is 2.21. The van der Waals surface area contributed by atoms with E-state index in [1.54, 1.807) is 40.7 Å². The lowest BCUT2D eigenvalue weighted by Crippen LogP contribution is -2.43. The molecule has 2 aromatic rings. The molecule has 2 amide bonds. The maximum absolute atomic E-state index is 13.7. The van der Waals surface area contributed by atoms with Crippen molar-refractivity contribution in [2.24, 2.45) is 0 Å². The lowest BCUT2D eigenvalue weighted by Gasteiger charge is -2.31. The fraction of sp³-hybridized carbons (Fsp3) is 0.381. The molecule has 1 aromatic carbocycles. The van der Waals surface area contributed by atoms with Crippen LogP contribution >= 0.6 is 11.8 Å².